The van der Waals surface area contributed by atoms with Gasteiger partial charge in [-0.2, -0.15) is 5.10 Å². The van der Waals surface area contributed by atoms with Crippen molar-refractivity contribution in [1.82, 2.24) is 0 Å². The molecule has 2 atom stereocenters. The third kappa shape index (κ3) is 2.84. The number of anilines is 2. The molecule has 5 rings (SSSR count). The smallest absolute Gasteiger partial charge is 0.269 e. The summed E-state index contributed by atoms with van der Waals surface area (Å²) in [6.07, 6.45) is 1.04. The van der Waals surface area contributed by atoms with Crippen molar-refractivity contribution in [3.05, 3.63) is 52.6 Å². The van der Waals surface area contributed by atoms with Crippen LogP contribution in [0.4, 0.5) is 17.1 Å². The zero-order chi connectivity index (χ0) is 24.3. The van der Waals surface area contributed by atoms with Gasteiger partial charge < -0.3 is 14.8 Å². The van der Waals surface area contributed by atoms with E-state index in [1.165, 1.54) is 24.3 Å². The van der Waals surface area contributed by atoms with Crippen LogP contribution in [0, 0.1) is 26.4 Å². The zero-order valence-electron chi connectivity index (χ0n) is 19.0. The van der Waals surface area contributed by atoms with Gasteiger partial charge in [-0.15, -0.1) is 0 Å². The third-order valence-electron chi connectivity index (χ3n) is 7.96. The number of hydrogen-bond acceptors (Lipinski definition) is 8. The molecule has 0 spiro atoms. The minimum atomic E-state index is -1.27. The van der Waals surface area contributed by atoms with Crippen molar-refractivity contribution >= 4 is 34.5 Å². The van der Waals surface area contributed by atoms with Gasteiger partial charge in [0.2, 0.25) is 12.7 Å². The Bertz CT molecular complexity index is 1250. The van der Waals surface area contributed by atoms with Gasteiger partial charge in [0, 0.05) is 29.3 Å². The molecule has 0 aromatic heterocycles. The van der Waals surface area contributed by atoms with Crippen LogP contribution in [0.1, 0.15) is 33.6 Å². The predicted molar refractivity (Wildman–Crippen MR) is 124 cm³/mol. The van der Waals surface area contributed by atoms with E-state index in [1.807, 2.05) is 20.8 Å². The van der Waals surface area contributed by atoms with Crippen LogP contribution in [0.15, 0.2) is 47.6 Å². The second-order valence-electron chi connectivity index (χ2n) is 9.59. The molecular weight excluding hydrogens is 440 g/mol. The number of fused-ring (bicyclic) bond motifs is 3. The summed E-state index contributed by atoms with van der Waals surface area (Å²) in [7, 11) is 0. The van der Waals surface area contributed by atoms with Crippen molar-refractivity contribution in [3.8, 4) is 11.5 Å². The number of benzene rings is 2. The number of amides is 1. The summed E-state index contributed by atoms with van der Waals surface area (Å²) in [6.45, 7) is 5.96. The monoisotopic (exact) mass is 464 g/mol. The molecule has 2 aliphatic carbocycles. The number of Topliss-reactive ketones (excluding diaryl/α,β-unsaturated/α-hetero) is 1. The van der Waals surface area contributed by atoms with E-state index in [1.54, 1.807) is 18.2 Å². The molecule has 2 saturated carbocycles. The van der Waals surface area contributed by atoms with Crippen molar-refractivity contribution in [2.24, 2.45) is 21.3 Å². The van der Waals surface area contributed by atoms with Gasteiger partial charge in [0.1, 0.15) is 11.1 Å². The molecule has 0 radical (unpaired) electrons. The first kappa shape index (κ1) is 21.9. The zero-order valence-corrected chi connectivity index (χ0v) is 19.0. The van der Waals surface area contributed by atoms with Crippen molar-refractivity contribution < 1.29 is 24.0 Å². The fourth-order valence-electron chi connectivity index (χ4n) is 5.46. The molecule has 1 amide bonds. The number of nitro groups is 1. The fourth-order valence-corrected chi connectivity index (χ4v) is 5.46. The SMILES string of the molecule is CC12CCC(C(=O)Nc3ccc4c(c3)OCO4)(C(=O)C1=NNc1ccc([N+](=O)[O-])cc1)C2(C)C. The van der Waals surface area contributed by atoms with Crippen LogP contribution in [-0.4, -0.2) is 29.1 Å². The standard InChI is InChI=1S/C24H24N4O6/c1-22(2)23(3)10-11-24(22,21(30)25-15-6-9-17-18(12-15)34-13-33-17)20(29)19(23)27-26-14-4-7-16(8-5-14)28(31)32/h4-9,12,26H,10-11,13H2,1-3H3,(H,25,30). The van der Waals surface area contributed by atoms with E-state index in [2.05, 4.69) is 15.8 Å². The van der Waals surface area contributed by atoms with Gasteiger partial charge in [0.05, 0.1) is 10.6 Å². The predicted octanol–water partition coefficient (Wildman–Crippen LogP) is 4.13. The van der Waals surface area contributed by atoms with E-state index in [0.717, 1.165) is 0 Å². The number of nitrogens with zero attached hydrogens (tertiary/aromatic N) is 2. The number of nitro benzene ring substituents is 1. The van der Waals surface area contributed by atoms with Crippen molar-refractivity contribution in [2.75, 3.05) is 17.5 Å². The molecule has 3 aliphatic rings. The van der Waals surface area contributed by atoms with Crippen LogP contribution in [0.25, 0.3) is 0 Å². The van der Waals surface area contributed by atoms with Crippen LogP contribution >= 0.6 is 0 Å². The van der Waals surface area contributed by atoms with Crippen LogP contribution in [0.3, 0.4) is 0 Å². The minimum Gasteiger partial charge on any atom is -0.454 e. The average molecular weight is 464 g/mol. The molecule has 2 aromatic rings. The van der Waals surface area contributed by atoms with Gasteiger partial charge in [-0.25, -0.2) is 0 Å². The molecule has 2 N–H and O–H groups in total. The Kier molecular flexibility index (Phi) is 4.68. The number of nitrogens with one attached hydrogen (secondary N) is 2. The van der Waals surface area contributed by atoms with Crippen LogP contribution < -0.4 is 20.2 Å². The van der Waals surface area contributed by atoms with Crippen molar-refractivity contribution in [1.29, 1.82) is 0 Å². The molecule has 1 heterocycles. The Hall–Kier alpha value is -3.95. The molecule has 2 fully saturated rings. The van der Waals surface area contributed by atoms with E-state index in [4.69, 9.17) is 9.47 Å². The Morgan fingerprint density at radius 2 is 1.71 bits per heavy atom. The van der Waals surface area contributed by atoms with Gasteiger partial charge in [-0.1, -0.05) is 20.8 Å². The summed E-state index contributed by atoms with van der Waals surface area (Å²) in [4.78, 5) is 37.8. The maximum atomic E-state index is 13.7. The molecule has 176 valence electrons. The van der Waals surface area contributed by atoms with Gasteiger partial charge in [-0.3, -0.25) is 25.1 Å². The van der Waals surface area contributed by atoms with E-state index in [0.29, 0.717) is 41.4 Å². The van der Waals surface area contributed by atoms with Crippen LogP contribution in [0.5, 0.6) is 11.5 Å². The average Bonchev–Trinajstić information content (AvgIpc) is 3.38. The third-order valence-corrected chi connectivity index (χ3v) is 7.96. The fraction of sp³-hybridized carbons (Fsp3) is 0.375. The van der Waals surface area contributed by atoms with Crippen LogP contribution in [0.2, 0.25) is 0 Å². The molecule has 2 aromatic carbocycles. The van der Waals surface area contributed by atoms with Gasteiger partial charge in [-0.05, 0) is 42.5 Å². The number of hydrogen-bond donors (Lipinski definition) is 2. The molecule has 2 unspecified atom stereocenters. The lowest BCUT2D eigenvalue weighted by atomic mass is 9.64. The number of carbonyl (C=O) groups excluding carboxylic acids is 2. The number of ether oxygens (including phenoxy) is 2. The number of hydrazone groups is 1. The summed E-state index contributed by atoms with van der Waals surface area (Å²) in [5.74, 6) is 0.469. The normalized spacial score (nSPS) is 27.1. The molecule has 34 heavy (non-hydrogen) atoms. The molecule has 0 saturated heterocycles. The summed E-state index contributed by atoms with van der Waals surface area (Å²) in [6, 6.07) is 10.9. The highest BCUT2D eigenvalue weighted by atomic mass is 16.7. The lowest BCUT2D eigenvalue weighted by Crippen LogP contribution is -2.47. The van der Waals surface area contributed by atoms with E-state index >= 15 is 0 Å². The Labute approximate surface area is 195 Å². The maximum Gasteiger partial charge on any atom is 0.269 e. The topological polar surface area (TPSA) is 132 Å². The second kappa shape index (κ2) is 7.28. The molecule has 10 heteroatoms. The molecule has 10 nitrogen and oxygen atoms in total. The van der Waals surface area contributed by atoms with E-state index < -0.39 is 21.2 Å². The molecule has 2 bridgehead atoms. The largest absolute Gasteiger partial charge is 0.454 e. The molecule has 1 aliphatic heterocycles. The van der Waals surface area contributed by atoms with Gasteiger partial charge in [0.15, 0.2) is 17.3 Å². The second-order valence-corrected chi connectivity index (χ2v) is 9.59. The van der Waals surface area contributed by atoms with Gasteiger partial charge in [0.25, 0.3) is 5.69 Å². The summed E-state index contributed by atoms with van der Waals surface area (Å²) < 4.78 is 10.7. The number of ketones is 1. The van der Waals surface area contributed by atoms with E-state index in [9.17, 15) is 19.7 Å². The lowest BCUT2D eigenvalue weighted by molar-refractivity contribution is -0.384. The first-order valence-electron chi connectivity index (χ1n) is 10.9. The highest BCUT2D eigenvalue weighted by Crippen LogP contribution is 2.69. The Morgan fingerprint density at radius 3 is 2.41 bits per heavy atom. The minimum absolute atomic E-state index is 0.0403. The highest BCUT2D eigenvalue weighted by molar-refractivity contribution is 6.51. The van der Waals surface area contributed by atoms with Crippen molar-refractivity contribution in [3.63, 3.8) is 0 Å². The number of carbonyl (C=O) groups is 2. The maximum absolute atomic E-state index is 13.7. The highest BCUT2D eigenvalue weighted by Gasteiger charge is 2.76. The quantitative estimate of drug-likeness (QED) is 0.386. The Balaban J connectivity index is 1.44. The lowest BCUT2D eigenvalue weighted by Gasteiger charge is -2.37. The number of non-ortho nitro benzene ring substituents is 1. The summed E-state index contributed by atoms with van der Waals surface area (Å²) in [5, 5.41) is 18.2. The summed E-state index contributed by atoms with van der Waals surface area (Å²) >= 11 is 0. The van der Waals surface area contributed by atoms with E-state index in [-0.39, 0.29) is 24.2 Å². The Morgan fingerprint density at radius 1 is 1.03 bits per heavy atom. The van der Waals surface area contributed by atoms with Crippen LogP contribution in [-0.2, 0) is 9.59 Å². The number of rotatable bonds is 5. The summed E-state index contributed by atoms with van der Waals surface area (Å²) in [5.41, 5.74) is 1.57. The molecular formula is C24H24N4O6. The van der Waals surface area contributed by atoms with Gasteiger partial charge >= 0.3 is 0 Å². The first-order chi connectivity index (χ1) is 16.1. The van der Waals surface area contributed by atoms with Crippen molar-refractivity contribution in [2.45, 2.75) is 33.6 Å². The first-order valence-corrected chi connectivity index (χ1v) is 10.9.